The first-order valence-electron chi connectivity index (χ1n) is 5.83. The van der Waals surface area contributed by atoms with Crippen LogP contribution in [0.1, 0.15) is 18.9 Å². The van der Waals surface area contributed by atoms with E-state index in [2.05, 4.69) is 24.4 Å². The first-order chi connectivity index (χ1) is 8.15. The van der Waals surface area contributed by atoms with E-state index in [1.807, 2.05) is 18.2 Å². The lowest BCUT2D eigenvalue weighted by molar-refractivity contribution is -0.138. The Balaban J connectivity index is 2.09. The summed E-state index contributed by atoms with van der Waals surface area (Å²) in [6.07, 6.45) is 1.80. The molecule has 2 unspecified atom stereocenters. The van der Waals surface area contributed by atoms with Gasteiger partial charge in [0, 0.05) is 5.75 Å². The van der Waals surface area contributed by atoms with Crippen LogP contribution < -0.4 is 5.32 Å². The van der Waals surface area contributed by atoms with Gasteiger partial charge in [-0.25, -0.2) is 0 Å². The summed E-state index contributed by atoms with van der Waals surface area (Å²) in [5.41, 5.74) is 1.25. The van der Waals surface area contributed by atoms with Crippen LogP contribution >= 0.6 is 11.8 Å². The van der Waals surface area contributed by atoms with Crippen molar-refractivity contribution in [2.75, 3.05) is 5.75 Å². The van der Waals surface area contributed by atoms with Gasteiger partial charge in [0.25, 0.3) is 0 Å². The molecule has 1 aromatic carbocycles. The van der Waals surface area contributed by atoms with Crippen molar-refractivity contribution in [3.63, 3.8) is 0 Å². The summed E-state index contributed by atoms with van der Waals surface area (Å²) in [7, 11) is 0. The van der Waals surface area contributed by atoms with E-state index in [-0.39, 0.29) is 4.87 Å². The third kappa shape index (κ3) is 2.82. The molecule has 1 aliphatic heterocycles. The molecule has 1 saturated heterocycles. The Kier molecular flexibility index (Phi) is 3.74. The maximum absolute atomic E-state index is 11.0. The van der Waals surface area contributed by atoms with Gasteiger partial charge in [0.2, 0.25) is 0 Å². The van der Waals surface area contributed by atoms with E-state index >= 15 is 0 Å². The van der Waals surface area contributed by atoms with Crippen LogP contribution in [-0.4, -0.2) is 27.7 Å². The van der Waals surface area contributed by atoms with Gasteiger partial charge in [-0.2, -0.15) is 0 Å². The molecule has 4 heteroatoms. The number of thioether (sulfide) groups is 1. The van der Waals surface area contributed by atoms with Crippen molar-refractivity contribution in [1.29, 1.82) is 0 Å². The van der Waals surface area contributed by atoms with Gasteiger partial charge in [-0.05, 0) is 18.4 Å². The molecule has 0 amide bonds. The molecule has 17 heavy (non-hydrogen) atoms. The molecule has 3 nitrogen and oxygen atoms in total. The van der Waals surface area contributed by atoms with Gasteiger partial charge < -0.3 is 5.11 Å². The Morgan fingerprint density at radius 2 is 2.24 bits per heavy atom. The molecular formula is C13H17NO2S. The molecule has 2 rings (SSSR count). The number of rotatable bonds is 4. The summed E-state index contributed by atoms with van der Waals surface area (Å²) in [5.74, 6) is -0.100. The van der Waals surface area contributed by atoms with Crippen molar-refractivity contribution < 1.29 is 9.90 Å². The predicted octanol–water partition coefficient (Wildman–Crippen LogP) is 2.12. The van der Waals surface area contributed by atoms with E-state index in [1.165, 1.54) is 5.56 Å². The molecule has 0 radical (unpaired) electrons. The largest absolute Gasteiger partial charge is 0.480 e. The summed E-state index contributed by atoms with van der Waals surface area (Å²) in [5, 5.41) is 12.3. The highest BCUT2D eigenvalue weighted by molar-refractivity contribution is 8.01. The van der Waals surface area contributed by atoms with E-state index in [0.717, 1.165) is 12.8 Å². The topological polar surface area (TPSA) is 49.3 Å². The standard InChI is InChI=1S/C13H17NO2S/c1-2-13(8-10-6-4-3-5-7-10)14-11(9-17-13)12(15)16/h3-7,11,14H,2,8-9H2,1H3,(H,15,16). The number of carbonyl (C=O) groups is 1. The molecule has 0 aliphatic carbocycles. The zero-order valence-corrected chi connectivity index (χ0v) is 10.7. The van der Waals surface area contributed by atoms with Crippen LogP contribution in [0.15, 0.2) is 30.3 Å². The maximum atomic E-state index is 11.0. The number of aliphatic carboxylic acids is 1. The summed E-state index contributed by atoms with van der Waals surface area (Å²) >= 11 is 1.73. The molecule has 0 bridgehead atoms. The van der Waals surface area contributed by atoms with Crippen LogP contribution in [0.5, 0.6) is 0 Å². The third-order valence-electron chi connectivity index (χ3n) is 3.17. The SMILES string of the molecule is CCC1(Cc2ccccc2)NC(C(=O)O)CS1. The third-order valence-corrected chi connectivity index (χ3v) is 4.77. The quantitative estimate of drug-likeness (QED) is 0.860. The highest BCUT2D eigenvalue weighted by Gasteiger charge is 2.40. The van der Waals surface area contributed by atoms with Crippen molar-refractivity contribution in [2.45, 2.75) is 30.7 Å². The summed E-state index contributed by atoms with van der Waals surface area (Å²) in [6.45, 7) is 2.10. The van der Waals surface area contributed by atoms with E-state index < -0.39 is 12.0 Å². The lowest BCUT2D eigenvalue weighted by Gasteiger charge is -2.28. The lowest BCUT2D eigenvalue weighted by atomic mass is 10.0. The number of carboxylic acid groups (broad SMARTS) is 1. The van der Waals surface area contributed by atoms with Crippen LogP contribution in [0, 0.1) is 0 Å². The fourth-order valence-electron chi connectivity index (χ4n) is 2.13. The molecule has 0 aromatic heterocycles. The summed E-state index contributed by atoms with van der Waals surface area (Å²) in [6, 6.07) is 9.81. The minimum atomic E-state index is -0.749. The molecule has 1 aliphatic rings. The van der Waals surface area contributed by atoms with Crippen LogP contribution in [0.2, 0.25) is 0 Å². The number of nitrogens with one attached hydrogen (secondary N) is 1. The zero-order chi connectivity index (χ0) is 12.3. The van der Waals surface area contributed by atoms with Gasteiger partial charge in [-0.15, -0.1) is 11.8 Å². The normalized spacial score (nSPS) is 28.2. The summed E-state index contributed by atoms with van der Waals surface area (Å²) < 4.78 is 0. The van der Waals surface area contributed by atoms with Crippen molar-refractivity contribution >= 4 is 17.7 Å². The molecule has 92 valence electrons. The van der Waals surface area contributed by atoms with Gasteiger partial charge in [0.1, 0.15) is 6.04 Å². The highest BCUT2D eigenvalue weighted by Crippen LogP contribution is 2.36. The number of carboxylic acids is 1. The second kappa shape index (κ2) is 5.10. The van der Waals surface area contributed by atoms with E-state index in [1.54, 1.807) is 11.8 Å². The number of benzene rings is 1. The fraction of sp³-hybridized carbons (Fsp3) is 0.462. The van der Waals surface area contributed by atoms with Crippen LogP contribution in [0.3, 0.4) is 0 Å². The average molecular weight is 251 g/mol. The van der Waals surface area contributed by atoms with Gasteiger partial charge in [0.15, 0.2) is 0 Å². The zero-order valence-electron chi connectivity index (χ0n) is 9.85. The van der Waals surface area contributed by atoms with Crippen molar-refractivity contribution in [2.24, 2.45) is 0 Å². The van der Waals surface area contributed by atoms with Crippen molar-refractivity contribution in [3.05, 3.63) is 35.9 Å². The number of hydrogen-bond acceptors (Lipinski definition) is 3. The van der Waals surface area contributed by atoms with Crippen molar-refractivity contribution in [1.82, 2.24) is 5.32 Å². The highest BCUT2D eigenvalue weighted by atomic mass is 32.2. The van der Waals surface area contributed by atoms with E-state index in [0.29, 0.717) is 5.75 Å². The van der Waals surface area contributed by atoms with Gasteiger partial charge in [-0.1, -0.05) is 37.3 Å². The second-order valence-electron chi connectivity index (χ2n) is 4.36. The predicted molar refractivity (Wildman–Crippen MR) is 70.2 cm³/mol. The molecule has 2 atom stereocenters. The van der Waals surface area contributed by atoms with E-state index in [4.69, 9.17) is 5.11 Å². The monoisotopic (exact) mass is 251 g/mol. The molecule has 0 saturated carbocycles. The van der Waals surface area contributed by atoms with Gasteiger partial charge in [-0.3, -0.25) is 10.1 Å². The molecule has 1 heterocycles. The fourth-order valence-corrected chi connectivity index (χ4v) is 3.54. The maximum Gasteiger partial charge on any atom is 0.321 e. The summed E-state index contributed by atoms with van der Waals surface area (Å²) in [4.78, 5) is 10.9. The van der Waals surface area contributed by atoms with Gasteiger partial charge >= 0.3 is 5.97 Å². The molecular weight excluding hydrogens is 234 g/mol. The first kappa shape index (κ1) is 12.5. The Hall–Kier alpha value is -1.00. The minimum absolute atomic E-state index is 0.121. The lowest BCUT2D eigenvalue weighted by Crippen LogP contribution is -2.46. The minimum Gasteiger partial charge on any atom is -0.480 e. The number of hydrogen-bond donors (Lipinski definition) is 2. The Bertz CT molecular complexity index is 396. The smallest absolute Gasteiger partial charge is 0.321 e. The molecule has 1 fully saturated rings. The average Bonchev–Trinajstić information content (AvgIpc) is 2.76. The van der Waals surface area contributed by atoms with Gasteiger partial charge in [0.05, 0.1) is 4.87 Å². The molecule has 1 aromatic rings. The van der Waals surface area contributed by atoms with Crippen LogP contribution in [0.4, 0.5) is 0 Å². The Morgan fingerprint density at radius 1 is 1.53 bits per heavy atom. The van der Waals surface area contributed by atoms with Crippen LogP contribution in [0.25, 0.3) is 0 Å². The molecule has 0 spiro atoms. The Morgan fingerprint density at radius 3 is 2.76 bits per heavy atom. The van der Waals surface area contributed by atoms with Crippen LogP contribution in [-0.2, 0) is 11.2 Å². The molecule has 2 N–H and O–H groups in total. The van der Waals surface area contributed by atoms with E-state index in [9.17, 15) is 4.79 Å². The van der Waals surface area contributed by atoms with Crippen molar-refractivity contribution in [3.8, 4) is 0 Å². The first-order valence-corrected chi connectivity index (χ1v) is 6.82. The second-order valence-corrected chi connectivity index (χ2v) is 5.76. The Labute approximate surface area is 106 Å².